The number of rotatable bonds is 6. The summed E-state index contributed by atoms with van der Waals surface area (Å²) < 4.78 is 5.63. The minimum Gasteiger partial charge on any atom is -0.481 e. The van der Waals surface area contributed by atoms with Crippen LogP contribution in [-0.4, -0.2) is 12.0 Å². The molecule has 0 aliphatic carbocycles. The summed E-state index contributed by atoms with van der Waals surface area (Å²) in [4.78, 5) is 12.3. The second-order valence-corrected chi connectivity index (χ2v) is 5.98. The number of halogens is 1. The first kappa shape index (κ1) is 17.4. The van der Waals surface area contributed by atoms with Gasteiger partial charge in [0.1, 0.15) is 5.75 Å². The highest BCUT2D eigenvalue weighted by molar-refractivity contribution is 6.30. The maximum atomic E-state index is 12.3. The normalized spacial score (nSPS) is 13.2. The van der Waals surface area contributed by atoms with Crippen LogP contribution in [0.2, 0.25) is 5.02 Å². The Morgan fingerprint density at radius 3 is 2.48 bits per heavy atom. The van der Waals surface area contributed by atoms with E-state index in [1.807, 2.05) is 19.1 Å². The summed E-state index contributed by atoms with van der Waals surface area (Å²) in [5.74, 6) is 0.428. The van der Waals surface area contributed by atoms with E-state index in [9.17, 15) is 4.79 Å². The third-order valence-electron chi connectivity index (χ3n) is 3.72. The average Bonchev–Trinajstić information content (AvgIpc) is 2.54. The van der Waals surface area contributed by atoms with Crippen molar-refractivity contribution in [3.05, 3.63) is 64.7 Å². The number of benzene rings is 2. The van der Waals surface area contributed by atoms with Gasteiger partial charge in [0.25, 0.3) is 5.91 Å². The summed E-state index contributed by atoms with van der Waals surface area (Å²) in [5, 5.41) is 3.55. The van der Waals surface area contributed by atoms with E-state index in [4.69, 9.17) is 16.3 Å². The van der Waals surface area contributed by atoms with E-state index < -0.39 is 6.10 Å². The van der Waals surface area contributed by atoms with Gasteiger partial charge in [-0.3, -0.25) is 4.79 Å². The maximum absolute atomic E-state index is 12.3. The molecule has 2 atom stereocenters. The van der Waals surface area contributed by atoms with Gasteiger partial charge in [-0.1, -0.05) is 48.9 Å². The van der Waals surface area contributed by atoms with E-state index in [0.717, 1.165) is 12.0 Å². The van der Waals surface area contributed by atoms with Crippen LogP contribution in [0.25, 0.3) is 0 Å². The number of carbonyl (C=O) groups excluding carboxylic acids is 1. The van der Waals surface area contributed by atoms with Gasteiger partial charge in [0.15, 0.2) is 6.10 Å². The second-order valence-electron chi connectivity index (χ2n) is 5.54. The number of carbonyl (C=O) groups is 1. The molecule has 3 nitrogen and oxygen atoms in total. The molecule has 0 aliphatic rings. The molecule has 122 valence electrons. The molecule has 0 saturated heterocycles. The quantitative estimate of drug-likeness (QED) is 0.843. The molecule has 1 N–H and O–H groups in total. The smallest absolute Gasteiger partial charge is 0.261 e. The average molecular weight is 332 g/mol. The van der Waals surface area contributed by atoms with Gasteiger partial charge in [0, 0.05) is 5.02 Å². The lowest BCUT2D eigenvalue weighted by atomic mass is 10.0. The van der Waals surface area contributed by atoms with Gasteiger partial charge >= 0.3 is 0 Å². The third-order valence-corrected chi connectivity index (χ3v) is 3.96. The van der Waals surface area contributed by atoms with Gasteiger partial charge in [-0.15, -0.1) is 0 Å². The summed E-state index contributed by atoms with van der Waals surface area (Å²) in [6.07, 6.45) is 0.414. The van der Waals surface area contributed by atoms with Crippen LogP contribution in [0.4, 0.5) is 0 Å². The maximum Gasteiger partial charge on any atom is 0.261 e. The Morgan fingerprint density at radius 1 is 1.17 bits per heavy atom. The van der Waals surface area contributed by atoms with Crippen molar-refractivity contribution in [1.82, 2.24) is 5.32 Å². The Labute approximate surface area is 142 Å². The Balaban J connectivity index is 1.94. The van der Waals surface area contributed by atoms with Crippen molar-refractivity contribution < 1.29 is 9.53 Å². The lowest BCUT2D eigenvalue weighted by Gasteiger charge is -2.19. The van der Waals surface area contributed by atoms with Crippen molar-refractivity contribution in [1.29, 1.82) is 0 Å². The SMILES string of the molecule is CCc1ccc([C@@H](C)NC(=O)[C@H](C)Oc2cccc(Cl)c2)cc1. The molecule has 0 fully saturated rings. The first-order valence-corrected chi connectivity index (χ1v) is 8.19. The minimum absolute atomic E-state index is 0.0705. The molecule has 1 amide bonds. The molecule has 2 aromatic carbocycles. The summed E-state index contributed by atoms with van der Waals surface area (Å²) in [6.45, 7) is 5.81. The highest BCUT2D eigenvalue weighted by atomic mass is 35.5. The van der Waals surface area contributed by atoms with Crippen LogP contribution in [0.5, 0.6) is 5.75 Å². The fraction of sp³-hybridized carbons (Fsp3) is 0.316. The van der Waals surface area contributed by atoms with Crippen LogP contribution in [0.3, 0.4) is 0 Å². The molecule has 2 rings (SSSR count). The van der Waals surface area contributed by atoms with Crippen LogP contribution in [-0.2, 0) is 11.2 Å². The van der Waals surface area contributed by atoms with Gasteiger partial charge in [0.05, 0.1) is 6.04 Å². The monoisotopic (exact) mass is 331 g/mol. The predicted molar refractivity (Wildman–Crippen MR) is 93.9 cm³/mol. The van der Waals surface area contributed by atoms with Gasteiger partial charge in [-0.05, 0) is 49.6 Å². The topological polar surface area (TPSA) is 38.3 Å². The molecule has 0 aromatic heterocycles. The highest BCUT2D eigenvalue weighted by Crippen LogP contribution is 2.19. The van der Waals surface area contributed by atoms with Gasteiger partial charge in [-0.25, -0.2) is 0 Å². The zero-order valence-corrected chi connectivity index (χ0v) is 14.4. The Morgan fingerprint density at radius 2 is 1.87 bits per heavy atom. The molecule has 23 heavy (non-hydrogen) atoms. The summed E-state index contributed by atoms with van der Waals surface area (Å²) in [5.41, 5.74) is 2.36. The summed E-state index contributed by atoms with van der Waals surface area (Å²) in [6, 6.07) is 15.2. The molecule has 0 spiro atoms. The molecule has 0 heterocycles. The van der Waals surface area contributed by atoms with E-state index >= 15 is 0 Å². The molecule has 4 heteroatoms. The van der Waals surface area contributed by atoms with Crippen molar-refractivity contribution in [3.8, 4) is 5.75 Å². The first-order chi connectivity index (χ1) is 11.0. The van der Waals surface area contributed by atoms with Crippen LogP contribution in [0.1, 0.15) is 37.9 Å². The van der Waals surface area contributed by atoms with Crippen molar-refractivity contribution in [2.24, 2.45) is 0 Å². The number of amides is 1. The highest BCUT2D eigenvalue weighted by Gasteiger charge is 2.17. The largest absolute Gasteiger partial charge is 0.481 e. The standard InChI is InChI=1S/C19H22ClNO2/c1-4-15-8-10-16(11-9-15)13(2)21-19(22)14(3)23-18-7-5-6-17(20)12-18/h5-14H,4H2,1-3H3,(H,21,22)/t13-,14+/m1/s1. The van der Waals surface area contributed by atoms with E-state index in [-0.39, 0.29) is 11.9 Å². The van der Waals surface area contributed by atoms with Crippen LogP contribution < -0.4 is 10.1 Å². The summed E-state index contributed by atoms with van der Waals surface area (Å²) >= 11 is 5.92. The zero-order chi connectivity index (χ0) is 16.8. The number of nitrogens with one attached hydrogen (secondary N) is 1. The van der Waals surface area contributed by atoms with Gasteiger partial charge in [-0.2, -0.15) is 0 Å². The van der Waals surface area contributed by atoms with Crippen LogP contribution in [0, 0.1) is 0 Å². The van der Waals surface area contributed by atoms with E-state index in [1.165, 1.54) is 5.56 Å². The number of hydrogen-bond acceptors (Lipinski definition) is 2. The lowest BCUT2D eigenvalue weighted by Crippen LogP contribution is -2.37. The van der Waals surface area contributed by atoms with Crippen molar-refractivity contribution in [2.45, 2.75) is 39.3 Å². The van der Waals surface area contributed by atoms with Crippen molar-refractivity contribution >= 4 is 17.5 Å². The Kier molecular flexibility index (Phi) is 6.05. The van der Waals surface area contributed by atoms with E-state index in [1.54, 1.807) is 31.2 Å². The Hall–Kier alpha value is -2.00. The molecular weight excluding hydrogens is 310 g/mol. The molecule has 0 aliphatic heterocycles. The Bertz CT molecular complexity index is 655. The molecule has 0 radical (unpaired) electrons. The van der Waals surface area contributed by atoms with E-state index in [2.05, 4.69) is 24.4 Å². The fourth-order valence-electron chi connectivity index (χ4n) is 2.25. The molecule has 2 aromatic rings. The van der Waals surface area contributed by atoms with E-state index in [0.29, 0.717) is 10.8 Å². The molecular formula is C19H22ClNO2. The van der Waals surface area contributed by atoms with Crippen molar-refractivity contribution in [3.63, 3.8) is 0 Å². The lowest BCUT2D eigenvalue weighted by molar-refractivity contribution is -0.127. The first-order valence-electron chi connectivity index (χ1n) is 7.81. The molecule has 0 saturated carbocycles. The van der Waals surface area contributed by atoms with Gasteiger partial charge in [0.2, 0.25) is 0 Å². The van der Waals surface area contributed by atoms with Crippen LogP contribution >= 0.6 is 11.6 Å². The number of ether oxygens (including phenoxy) is 1. The number of hydrogen-bond donors (Lipinski definition) is 1. The second kappa shape index (κ2) is 8.02. The zero-order valence-electron chi connectivity index (χ0n) is 13.7. The third kappa shape index (κ3) is 5.00. The fourth-order valence-corrected chi connectivity index (χ4v) is 2.43. The van der Waals surface area contributed by atoms with Crippen molar-refractivity contribution in [2.75, 3.05) is 0 Å². The molecule has 0 unspecified atom stereocenters. The molecule has 0 bridgehead atoms. The summed E-state index contributed by atoms with van der Waals surface area (Å²) in [7, 11) is 0. The number of aryl methyl sites for hydroxylation is 1. The van der Waals surface area contributed by atoms with Gasteiger partial charge < -0.3 is 10.1 Å². The minimum atomic E-state index is -0.592. The van der Waals surface area contributed by atoms with Crippen LogP contribution in [0.15, 0.2) is 48.5 Å². The predicted octanol–water partition coefficient (Wildman–Crippen LogP) is 4.55.